The van der Waals surface area contributed by atoms with Crippen LogP contribution in [0.25, 0.3) is 0 Å². The molecule has 0 unspecified atom stereocenters. The molecule has 0 fully saturated rings. The van der Waals surface area contributed by atoms with Gasteiger partial charge in [-0.25, -0.2) is 0 Å². The van der Waals surface area contributed by atoms with Crippen LogP contribution in [0.2, 0.25) is 10.0 Å². The van der Waals surface area contributed by atoms with Crippen molar-refractivity contribution in [1.82, 2.24) is 0 Å². The lowest BCUT2D eigenvalue weighted by molar-refractivity contribution is 0.0921. The van der Waals surface area contributed by atoms with Gasteiger partial charge in [-0.1, -0.05) is 29.3 Å². The summed E-state index contributed by atoms with van der Waals surface area (Å²) >= 11 is 20.0. The van der Waals surface area contributed by atoms with Crippen LogP contribution in [0.5, 0.6) is 5.75 Å². The first-order valence-corrected chi connectivity index (χ1v) is 8.19. The Morgan fingerprint density at radius 1 is 1.26 bits per heavy atom. The smallest absolute Gasteiger partial charge is 0.202 e. The Bertz CT molecular complexity index is 608. The third kappa shape index (κ3) is 3.73. The monoisotopic (exact) mass is 442 g/mol. The van der Waals surface area contributed by atoms with Gasteiger partial charge >= 0.3 is 0 Å². The van der Waals surface area contributed by atoms with E-state index in [0.717, 1.165) is 7.57 Å². The maximum Gasteiger partial charge on any atom is 0.202 e. The number of thiophene rings is 1. The minimum atomic E-state index is -0.148. The van der Waals surface area contributed by atoms with Crippen LogP contribution >= 0.6 is 66.4 Å². The summed E-state index contributed by atoms with van der Waals surface area (Å²) in [6.07, 6.45) is 0. The molecule has 1 heterocycles. The highest BCUT2D eigenvalue weighted by Crippen LogP contribution is 2.34. The van der Waals surface area contributed by atoms with Crippen molar-refractivity contribution in [1.29, 1.82) is 0 Å². The van der Waals surface area contributed by atoms with E-state index in [0.29, 0.717) is 21.4 Å². The molecule has 0 spiro atoms. The number of Topliss-reactive ketones (excluding diaryl/α,β-unsaturated/α-hetero) is 1. The quantitative estimate of drug-likeness (QED) is 0.553. The summed E-state index contributed by atoms with van der Waals surface area (Å²) in [7, 11) is 0. The molecule has 0 bridgehead atoms. The molecule has 1 aromatic heterocycles. The van der Waals surface area contributed by atoms with E-state index >= 15 is 0 Å². The molecule has 0 saturated heterocycles. The number of carbonyl (C=O) groups excluding carboxylic acids is 1. The minimum absolute atomic E-state index is 0.120. The van der Waals surface area contributed by atoms with Gasteiger partial charge in [-0.15, -0.1) is 11.3 Å². The maximum atomic E-state index is 12.0. The lowest BCUT2D eigenvalue weighted by Gasteiger charge is -2.08. The number of para-hydroxylation sites is 1. The third-order valence-corrected chi connectivity index (χ3v) is 5.16. The standard InChI is InChI=1S/C12H6Br2Cl2O2S/c13-10-4-6(12(14)19-10)9(17)5-18-11-7(15)2-1-3-8(11)16/h1-4H,5H2. The second-order valence-electron chi connectivity index (χ2n) is 3.50. The Kier molecular flexibility index (Phi) is 5.31. The van der Waals surface area contributed by atoms with E-state index in [2.05, 4.69) is 31.9 Å². The molecule has 0 N–H and O–H groups in total. The van der Waals surface area contributed by atoms with Crippen molar-refractivity contribution in [3.8, 4) is 5.75 Å². The molecular weight excluding hydrogens is 439 g/mol. The first kappa shape index (κ1) is 15.3. The molecule has 7 heteroatoms. The molecule has 2 nitrogen and oxygen atoms in total. The number of rotatable bonds is 4. The molecule has 0 saturated carbocycles. The molecule has 0 atom stereocenters. The van der Waals surface area contributed by atoms with E-state index < -0.39 is 0 Å². The fourth-order valence-electron chi connectivity index (χ4n) is 1.37. The highest BCUT2D eigenvalue weighted by atomic mass is 79.9. The average Bonchev–Trinajstić information content (AvgIpc) is 2.67. The van der Waals surface area contributed by atoms with Crippen LogP contribution in [0.15, 0.2) is 31.8 Å². The van der Waals surface area contributed by atoms with Crippen LogP contribution in [0, 0.1) is 0 Å². The van der Waals surface area contributed by atoms with Gasteiger partial charge in [-0.2, -0.15) is 0 Å². The normalized spacial score (nSPS) is 10.5. The van der Waals surface area contributed by atoms with Gasteiger partial charge in [0.05, 0.1) is 17.6 Å². The third-order valence-electron chi connectivity index (χ3n) is 2.22. The zero-order valence-electron chi connectivity index (χ0n) is 9.25. The highest BCUT2D eigenvalue weighted by molar-refractivity contribution is 9.12. The van der Waals surface area contributed by atoms with Crippen molar-refractivity contribution >= 4 is 72.2 Å². The van der Waals surface area contributed by atoms with Gasteiger partial charge in [-0.05, 0) is 50.1 Å². The molecule has 0 radical (unpaired) electrons. The zero-order valence-corrected chi connectivity index (χ0v) is 14.8. The summed E-state index contributed by atoms with van der Waals surface area (Å²) in [5.41, 5.74) is 0.569. The molecule has 100 valence electrons. The molecule has 0 aliphatic rings. The fraction of sp³-hybridized carbons (Fsp3) is 0.0833. The minimum Gasteiger partial charge on any atom is -0.482 e. The van der Waals surface area contributed by atoms with Crippen LogP contribution in [-0.4, -0.2) is 12.4 Å². The summed E-state index contributed by atoms with van der Waals surface area (Å²) in [4.78, 5) is 12.0. The van der Waals surface area contributed by atoms with E-state index in [-0.39, 0.29) is 12.4 Å². The molecule has 2 rings (SSSR count). The molecule has 0 aliphatic carbocycles. The molecule has 19 heavy (non-hydrogen) atoms. The summed E-state index contributed by atoms with van der Waals surface area (Å²) in [5.74, 6) is 0.175. The first-order valence-electron chi connectivity index (χ1n) is 5.04. The van der Waals surface area contributed by atoms with Crippen LogP contribution in [0.1, 0.15) is 10.4 Å². The van der Waals surface area contributed by atoms with Crippen LogP contribution < -0.4 is 4.74 Å². The SMILES string of the molecule is O=C(COc1c(Cl)cccc1Cl)c1cc(Br)sc1Br. The van der Waals surface area contributed by atoms with Gasteiger partial charge in [0.15, 0.2) is 12.4 Å². The van der Waals surface area contributed by atoms with Crippen molar-refractivity contribution in [2.24, 2.45) is 0 Å². The van der Waals surface area contributed by atoms with Gasteiger partial charge in [0, 0.05) is 5.56 Å². The van der Waals surface area contributed by atoms with Crippen LogP contribution in [0.4, 0.5) is 0 Å². The predicted octanol–water partition coefficient (Wildman–Crippen LogP) is 5.84. The van der Waals surface area contributed by atoms with Crippen LogP contribution in [0.3, 0.4) is 0 Å². The summed E-state index contributed by atoms with van der Waals surface area (Å²) in [6.45, 7) is -0.120. The molecule has 2 aromatic rings. The Morgan fingerprint density at radius 2 is 1.89 bits per heavy atom. The van der Waals surface area contributed by atoms with Crippen molar-refractivity contribution in [3.63, 3.8) is 0 Å². The zero-order chi connectivity index (χ0) is 14.0. The van der Waals surface area contributed by atoms with E-state index in [9.17, 15) is 4.79 Å². The average molecular weight is 445 g/mol. The van der Waals surface area contributed by atoms with Gasteiger partial charge in [0.25, 0.3) is 0 Å². The Balaban J connectivity index is 2.11. The van der Waals surface area contributed by atoms with E-state index in [1.54, 1.807) is 24.3 Å². The van der Waals surface area contributed by atoms with Gasteiger partial charge in [0.2, 0.25) is 5.78 Å². The summed E-state index contributed by atoms with van der Waals surface area (Å²) in [6, 6.07) is 6.77. The predicted molar refractivity (Wildman–Crippen MR) is 86.0 cm³/mol. The number of ether oxygens (including phenoxy) is 1. The maximum absolute atomic E-state index is 12.0. The molecule has 0 amide bonds. The van der Waals surface area contributed by atoms with E-state index in [1.165, 1.54) is 11.3 Å². The van der Waals surface area contributed by atoms with Crippen molar-refractivity contribution in [3.05, 3.63) is 47.4 Å². The van der Waals surface area contributed by atoms with Crippen molar-refractivity contribution < 1.29 is 9.53 Å². The molecule has 0 aliphatic heterocycles. The Hall–Kier alpha value is -0.0700. The number of carbonyl (C=O) groups is 1. The number of benzene rings is 1. The van der Waals surface area contributed by atoms with Crippen molar-refractivity contribution in [2.45, 2.75) is 0 Å². The number of halogens is 4. The van der Waals surface area contributed by atoms with E-state index in [4.69, 9.17) is 27.9 Å². The topological polar surface area (TPSA) is 26.3 Å². The number of hydrogen-bond acceptors (Lipinski definition) is 3. The summed E-state index contributed by atoms with van der Waals surface area (Å²) in [5, 5.41) is 0.761. The van der Waals surface area contributed by atoms with Gasteiger partial charge in [-0.3, -0.25) is 4.79 Å². The second-order valence-corrected chi connectivity index (χ2v) is 8.06. The largest absolute Gasteiger partial charge is 0.482 e. The van der Waals surface area contributed by atoms with Gasteiger partial charge < -0.3 is 4.74 Å². The van der Waals surface area contributed by atoms with Gasteiger partial charge in [0.1, 0.15) is 0 Å². The summed E-state index contributed by atoms with van der Waals surface area (Å²) < 4.78 is 7.04. The fourth-order valence-corrected chi connectivity index (χ4v) is 4.73. The first-order chi connectivity index (χ1) is 8.99. The Labute approximate surface area is 140 Å². The molecule has 1 aromatic carbocycles. The van der Waals surface area contributed by atoms with Crippen LogP contribution in [-0.2, 0) is 0 Å². The number of ketones is 1. The molecular formula is C12H6Br2Cl2O2S. The van der Waals surface area contributed by atoms with Crippen molar-refractivity contribution in [2.75, 3.05) is 6.61 Å². The lowest BCUT2D eigenvalue weighted by atomic mass is 10.2. The Morgan fingerprint density at radius 3 is 2.42 bits per heavy atom. The second kappa shape index (κ2) is 6.59. The lowest BCUT2D eigenvalue weighted by Crippen LogP contribution is -2.11. The number of hydrogen-bond donors (Lipinski definition) is 0. The van der Waals surface area contributed by atoms with E-state index in [1.807, 2.05) is 0 Å². The highest BCUT2D eigenvalue weighted by Gasteiger charge is 2.16.